The Morgan fingerprint density at radius 1 is 1.44 bits per heavy atom. The van der Waals surface area contributed by atoms with Crippen LogP contribution in [0, 0.1) is 11.3 Å². The third-order valence-corrected chi connectivity index (χ3v) is 3.66. The maximum atomic E-state index is 12.4. The quantitative estimate of drug-likeness (QED) is 0.801. The van der Waals surface area contributed by atoms with E-state index in [1.165, 1.54) is 0 Å². The molecule has 0 aliphatic heterocycles. The Morgan fingerprint density at radius 2 is 2.11 bits per heavy atom. The van der Waals surface area contributed by atoms with Gasteiger partial charge in [-0.2, -0.15) is 5.26 Å². The predicted octanol–water partition coefficient (Wildman–Crippen LogP) is 3.98. The third-order valence-electron chi connectivity index (χ3n) is 2.51. The number of nitriles is 1. The fourth-order valence-electron chi connectivity index (χ4n) is 1.58. The van der Waals surface area contributed by atoms with E-state index in [4.69, 9.17) is 5.26 Å². The lowest BCUT2D eigenvalue weighted by atomic mass is 10.1. The van der Waals surface area contributed by atoms with Gasteiger partial charge in [-0.3, -0.25) is 4.79 Å². The topological polar surface area (TPSA) is 44.1 Å². The minimum absolute atomic E-state index is 0.0559. The number of benzene rings is 1. The van der Waals surface area contributed by atoms with Crippen LogP contribution in [-0.2, 0) is 0 Å². The summed E-state index contributed by atoms with van der Waals surface area (Å²) in [4.78, 5) is 14.1. The zero-order chi connectivity index (χ0) is 13.7. The van der Waals surface area contributed by atoms with E-state index in [1.807, 2.05) is 26.0 Å². The lowest BCUT2D eigenvalue weighted by Gasteiger charge is -2.26. The molecule has 0 aliphatic carbocycles. The molecule has 96 valence electrons. The van der Waals surface area contributed by atoms with Crippen LogP contribution in [0.1, 0.15) is 30.6 Å². The number of carbonyl (C=O) groups excluding carboxylic acids is 1. The zero-order valence-corrected chi connectivity index (χ0v) is 13.5. The Morgan fingerprint density at radius 3 is 2.61 bits per heavy atom. The summed E-state index contributed by atoms with van der Waals surface area (Å²) in [7, 11) is 0. The van der Waals surface area contributed by atoms with E-state index < -0.39 is 0 Å². The monoisotopic (exact) mass is 372 g/mol. The molecule has 0 atom stereocenters. The summed E-state index contributed by atoms with van der Waals surface area (Å²) in [5, 5.41) is 8.64. The zero-order valence-electron chi connectivity index (χ0n) is 10.3. The van der Waals surface area contributed by atoms with E-state index in [0.29, 0.717) is 18.5 Å². The first kappa shape index (κ1) is 15.2. The van der Waals surface area contributed by atoms with Crippen molar-refractivity contribution in [2.24, 2.45) is 0 Å². The average molecular weight is 374 g/mol. The Balaban J connectivity index is 2.99. The van der Waals surface area contributed by atoms with Gasteiger partial charge in [0.2, 0.25) is 0 Å². The highest BCUT2D eigenvalue weighted by molar-refractivity contribution is 9.11. The molecule has 0 radical (unpaired) electrons. The van der Waals surface area contributed by atoms with Crippen molar-refractivity contribution in [2.75, 3.05) is 6.54 Å². The summed E-state index contributed by atoms with van der Waals surface area (Å²) in [6.07, 6.45) is 0.345. The van der Waals surface area contributed by atoms with E-state index in [1.54, 1.807) is 11.0 Å². The van der Waals surface area contributed by atoms with Crippen molar-refractivity contribution in [3.05, 3.63) is 32.7 Å². The molecular weight excluding hydrogens is 360 g/mol. The molecule has 1 aromatic carbocycles. The third kappa shape index (κ3) is 3.82. The van der Waals surface area contributed by atoms with Crippen LogP contribution >= 0.6 is 31.9 Å². The van der Waals surface area contributed by atoms with Crippen LogP contribution in [0.25, 0.3) is 0 Å². The van der Waals surface area contributed by atoms with Crippen LogP contribution in [0.4, 0.5) is 0 Å². The molecule has 18 heavy (non-hydrogen) atoms. The number of rotatable bonds is 4. The molecule has 0 heterocycles. The molecule has 0 aliphatic rings. The highest BCUT2D eigenvalue weighted by Crippen LogP contribution is 2.23. The number of nitrogens with zero attached hydrogens (tertiary/aromatic N) is 2. The molecule has 0 bridgehead atoms. The van der Waals surface area contributed by atoms with Gasteiger partial charge in [-0.25, -0.2) is 0 Å². The van der Waals surface area contributed by atoms with Crippen molar-refractivity contribution in [3.63, 3.8) is 0 Å². The fraction of sp³-hybridized carbons (Fsp3) is 0.385. The SMILES string of the molecule is CC(C)N(CCC#N)C(=O)c1ccc(Br)cc1Br. The molecule has 0 saturated heterocycles. The normalized spacial score (nSPS) is 10.2. The molecule has 5 heteroatoms. The molecule has 3 nitrogen and oxygen atoms in total. The molecule has 0 unspecified atom stereocenters. The first-order valence-electron chi connectivity index (χ1n) is 5.60. The van der Waals surface area contributed by atoms with Gasteiger partial charge in [0.15, 0.2) is 0 Å². The minimum Gasteiger partial charge on any atom is -0.335 e. The van der Waals surface area contributed by atoms with Crippen molar-refractivity contribution in [1.82, 2.24) is 4.90 Å². The minimum atomic E-state index is -0.0559. The number of carbonyl (C=O) groups is 1. The maximum Gasteiger partial charge on any atom is 0.255 e. The molecular formula is C13H14Br2N2O. The average Bonchev–Trinajstić information content (AvgIpc) is 2.28. The van der Waals surface area contributed by atoms with Crippen molar-refractivity contribution < 1.29 is 4.79 Å². The van der Waals surface area contributed by atoms with Gasteiger partial charge in [-0.1, -0.05) is 15.9 Å². The lowest BCUT2D eigenvalue weighted by Crippen LogP contribution is -2.37. The Hall–Kier alpha value is -0.860. The number of amides is 1. The molecule has 1 rings (SSSR count). The maximum absolute atomic E-state index is 12.4. The van der Waals surface area contributed by atoms with E-state index in [0.717, 1.165) is 8.95 Å². The summed E-state index contributed by atoms with van der Waals surface area (Å²) in [5.74, 6) is -0.0559. The van der Waals surface area contributed by atoms with Gasteiger partial charge in [0.05, 0.1) is 18.1 Å². The van der Waals surface area contributed by atoms with Crippen LogP contribution in [-0.4, -0.2) is 23.4 Å². The summed E-state index contributed by atoms with van der Waals surface area (Å²) in [6, 6.07) is 7.59. The Kier molecular flexibility index (Phi) is 5.83. The van der Waals surface area contributed by atoms with E-state index >= 15 is 0 Å². The van der Waals surface area contributed by atoms with Gasteiger partial charge >= 0.3 is 0 Å². The lowest BCUT2D eigenvalue weighted by molar-refractivity contribution is 0.0709. The van der Waals surface area contributed by atoms with Crippen LogP contribution in [0.15, 0.2) is 27.1 Å². The molecule has 0 N–H and O–H groups in total. The smallest absolute Gasteiger partial charge is 0.255 e. The summed E-state index contributed by atoms with van der Waals surface area (Å²) in [5.41, 5.74) is 0.616. The molecule has 0 fully saturated rings. The van der Waals surface area contributed by atoms with Crippen molar-refractivity contribution in [3.8, 4) is 6.07 Å². The van der Waals surface area contributed by atoms with E-state index in [2.05, 4.69) is 37.9 Å². The summed E-state index contributed by atoms with van der Waals surface area (Å²) in [6.45, 7) is 4.35. The molecule has 0 spiro atoms. The van der Waals surface area contributed by atoms with E-state index in [9.17, 15) is 4.79 Å². The van der Waals surface area contributed by atoms with E-state index in [-0.39, 0.29) is 11.9 Å². The fourth-order valence-corrected chi connectivity index (χ4v) is 2.80. The van der Waals surface area contributed by atoms with Gasteiger partial charge in [0.1, 0.15) is 0 Å². The van der Waals surface area contributed by atoms with Gasteiger partial charge in [-0.15, -0.1) is 0 Å². The Bertz CT molecular complexity index is 480. The number of hydrogen-bond acceptors (Lipinski definition) is 2. The van der Waals surface area contributed by atoms with Crippen molar-refractivity contribution in [1.29, 1.82) is 5.26 Å². The van der Waals surface area contributed by atoms with Gasteiger partial charge < -0.3 is 4.90 Å². The van der Waals surface area contributed by atoms with Gasteiger partial charge in [-0.05, 0) is 48.0 Å². The van der Waals surface area contributed by atoms with Crippen LogP contribution < -0.4 is 0 Å². The first-order chi connectivity index (χ1) is 8.47. The first-order valence-corrected chi connectivity index (χ1v) is 7.19. The standard InChI is InChI=1S/C13H14Br2N2O/c1-9(2)17(7-3-6-16)13(18)11-5-4-10(14)8-12(11)15/h4-5,8-9H,3,7H2,1-2H3. The summed E-state index contributed by atoms with van der Waals surface area (Å²) >= 11 is 6.75. The number of hydrogen-bond donors (Lipinski definition) is 0. The van der Waals surface area contributed by atoms with Gasteiger partial charge in [0.25, 0.3) is 5.91 Å². The number of halogens is 2. The highest BCUT2D eigenvalue weighted by Gasteiger charge is 2.20. The van der Waals surface area contributed by atoms with Crippen molar-refractivity contribution in [2.45, 2.75) is 26.3 Å². The molecule has 1 aromatic rings. The Labute approximate surface area is 124 Å². The summed E-state index contributed by atoms with van der Waals surface area (Å²) < 4.78 is 1.67. The molecule has 1 amide bonds. The largest absolute Gasteiger partial charge is 0.335 e. The van der Waals surface area contributed by atoms with Gasteiger partial charge in [0, 0.05) is 21.5 Å². The van der Waals surface area contributed by atoms with Crippen LogP contribution in [0.5, 0.6) is 0 Å². The van der Waals surface area contributed by atoms with Crippen LogP contribution in [0.2, 0.25) is 0 Å². The van der Waals surface area contributed by atoms with Crippen LogP contribution in [0.3, 0.4) is 0 Å². The second-order valence-corrected chi connectivity index (χ2v) is 5.89. The second kappa shape index (κ2) is 6.91. The highest BCUT2D eigenvalue weighted by atomic mass is 79.9. The predicted molar refractivity (Wildman–Crippen MR) is 78.2 cm³/mol. The molecule has 0 aromatic heterocycles. The second-order valence-electron chi connectivity index (χ2n) is 4.12. The molecule has 0 saturated carbocycles. The van der Waals surface area contributed by atoms with Crippen molar-refractivity contribution >= 4 is 37.8 Å².